The summed E-state index contributed by atoms with van der Waals surface area (Å²) in [5, 5.41) is -0.518. The first kappa shape index (κ1) is 26.7. The second kappa shape index (κ2) is 10.0. The molecule has 0 aliphatic carbocycles. The highest BCUT2D eigenvalue weighted by Gasteiger charge is 2.56. The molecule has 0 spiro atoms. The van der Waals surface area contributed by atoms with Gasteiger partial charge in [-0.25, -0.2) is 27.5 Å². The first-order valence-electron chi connectivity index (χ1n) is 10.2. The number of benzene rings is 1. The molecule has 0 radical (unpaired) electrons. The van der Waals surface area contributed by atoms with Crippen molar-refractivity contribution in [2.24, 2.45) is 5.73 Å². The molecule has 3 rings (SSSR count). The summed E-state index contributed by atoms with van der Waals surface area (Å²) < 4.78 is 68.7. The number of nitrogens with two attached hydrogens (primary N) is 1. The van der Waals surface area contributed by atoms with Crippen molar-refractivity contribution in [2.45, 2.75) is 36.4 Å². The van der Waals surface area contributed by atoms with Crippen molar-refractivity contribution >= 4 is 33.7 Å². The Morgan fingerprint density at radius 2 is 1.97 bits per heavy atom. The Balaban J connectivity index is 2.05. The number of rotatable bonds is 7. The van der Waals surface area contributed by atoms with Gasteiger partial charge < -0.3 is 15.2 Å². The van der Waals surface area contributed by atoms with Crippen LogP contribution >= 0.6 is 11.6 Å². The van der Waals surface area contributed by atoms with Crippen LogP contribution in [0.5, 0.6) is 11.5 Å². The molecule has 2 atom stereocenters. The van der Waals surface area contributed by atoms with E-state index in [1.165, 1.54) is 38.5 Å². The van der Waals surface area contributed by atoms with Gasteiger partial charge in [-0.1, -0.05) is 11.6 Å². The van der Waals surface area contributed by atoms with Crippen molar-refractivity contribution in [3.05, 3.63) is 47.1 Å². The molecule has 1 fully saturated rings. The number of hydrogen-bond donors (Lipinski definition) is 1. The summed E-state index contributed by atoms with van der Waals surface area (Å²) in [6.07, 6.45) is -3.39. The Morgan fingerprint density at radius 3 is 2.54 bits per heavy atom. The van der Waals surface area contributed by atoms with Gasteiger partial charge in [0.15, 0.2) is 11.1 Å². The zero-order valence-electron chi connectivity index (χ0n) is 18.7. The molecular weight excluding hydrogens is 512 g/mol. The Kier molecular flexibility index (Phi) is 7.65. The summed E-state index contributed by atoms with van der Waals surface area (Å²) in [6.45, 7) is -1.16. The van der Waals surface area contributed by atoms with E-state index in [0.717, 1.165) is 12.3 Å². The predicted molar refractivity (Wildman–Crippen MR) is 118 cm³/mol. The van der Waals surface area contributed by atoms with Crippen LogP contribution in [0.3, 0.4) is 0 Å². The van der Waals surface area contributed by atoms with Crippen molar-refractivity contribution in [1.29, 1.82) is 0 Å². The van der Waals surface area contributed by atoms with Crippen LogP contribution in [0.4, 0.5) is 13.6 Å². The van der Waals surface area contributed by atoms with Gasteiger partial charge >= 0.3 is 22.1 Å². The van der Waals surface area contributed by atoms with Gasteiger partial charge in [-0.2, -0.15) is 12.9 Å². The first-order chi connectivity index (χ1) is 16.3. The third kappa shape index (κ3) is 5.69. The number of carbonyl (C=O) groups excluding carboxylic acids is 2. The number of nitrogens with zero attached hydrogens (tertiary/aromatic N) is 2. The fourth-order valence-electron chi connectivity index (χ4n) is 3.72. The van der Waals surface area contributed by atoms with Crippen molar-refractivity contribution in [2.75, 3.05) is 20.8 Å². The summed E-state index contributed by atoms with van der Waals surface area (Å²) in [4.78, 5) is 29.8. The number of urea groups is 1. The van der Waals surface area contributed by atoms with Gasteiger partial charge in [0.25, 0.3) is 5.92 Å². The van der Waals surface area contributed by atoms with Crippen LogP contribution < -0.4 is 15.2 Å². The minimum Gasteiger partial charge on any atom is -0.497 e. The molecule has 1 aliphatic rings. The Labute approximate surface area is 205 Å². The second-order valence-electron chi connectivity index (χ2n) is 7.87. The molecule has 1 saturated heterocycles. The molecule has 0 bridgehead atoms. The van der Waals surface area contributed by atoms with Gasteiger partial charge in [-0.15, -0.1) is 0 Å². The molecule has 14 heteroatoms. The smallest absolute Gasteiger partial charge is 0.421 e. The van der Waals surface area contributed by atoms with E-state index in [1.807, 2.05) is 0 Å². The van der Waals surface area contributed by atoms with Crippen LogP contribution in [0.1, 0.15) is 18.4 Å². The number of carbonyl (C=O) groups is 2. The summed E-state index contributed by atoms with van der Waals surface area (Å²) >= 11 is 5.71. The van der Waals surface area contributed by atoms with Crippen molar-refractivity contribution < 1.29 is 44.9 Å². The fraction of sp³-hybridized carbons (Fsp3) is 0.381. The average molecular weight is 535 g/mol. The van der Waals surface area contributed by atoms with E-state index < -0.39 is 69.5 Å². The molecule has 0 saturated carbocycles. The number of ether oxygens (including phenoxy) is 2. The van der Waals surface area contributed by atoms with Crippen molar-refractivity contribution in [3.63, 3.8) is 0 Å². The highest BCUT2D eigenvalue weighted by molar-refractivity contribution is 7.86. The van der Waals surface area contributed by atoms with Crippen LogP contribution in [0.15, 0.2) is 41.6 Å². The number of primary amides is 1. The Hall–Kier alpha value is -2.87. The Morgan fingerprint density at radius 1 is 1.26 bits per heavy atom. The summed E-state index contributed by atoms with van der Waals surface area (Å²) in [7, 11) is -2.02. The number of hydrogen-bond acceptors (Lipinski definition) is 8. The number of likely N-dealkylation sites (tertiary alicyclic amines) is 1. The molecule has 2 aromatic rings. The topological polar surface area (TPSA) is 135 Å². The molecule has 10 nitrogen and oxygen atoms in total. The normalized spacial score (nSPS) is 22.3. The minimum atomic E-state index is -4.77. The van der Waals surface area contributed by atoms with E-state index in [0.29, 0.717) is 5.75 Å². The van der Waals surface area contributed by atoms with Gasteiger partial charge in [-0.05, 0) is 24.3 Å². The largest absolute Gasteiger partial charge is 0.497 e. The molecule has 2 heterocycles. The summed E-state index contributed by atoms with van der Waals surface area (Å²) in [5.41, 5.74) is 5.85. The SMILES string of the molecule is COc1ccc(C[N+]2(C(N)=O)CCC(F)(F)CC(OS(=O)(=O)c3ccc(Cl)cn3)C2=O)c(OC)c1. The van der Waals surface area contributed by atoms with Gasteiger partial charge in [-0.3, -0.25) is 0 Å². The number of amides is 3. The van der Waals surface area contributed by atoms with Crippen molar-refractivity contribution in [3.8, 4) is 11.5 Å². The molecule has 1 aromatic carbocycles. The van der Waals surface area contributed by atoms with E-state index >= 15 is 0 Å². The number of alkyl halides is 2. The number of aromatic nitrogens is 1. The molecule has 2 N–H and O–H groups in total. The lowest BCUT2D eigenvalue weighted by Gasteiger charge is -2.32. The fourth-order valence-corrected chi connectivity index (χ4v) is 4.80. The number of pyridine rings is 1. The number of halogens is 3. The standard InChI is InChI=1S/C21H22ClF2N3O7S/c1-32-15-5-3-13(16(9-15)33-2)12-27(20(25)29)8-7-21(23,24)10-17(19(27)28)34-35(30,31)18-6-4-14(22)11-26-18/h3-6,9,11,17H,7-8,10,12H2,1-2H3,(H-,25,29)/p+1. The number of methoxy groups -OCH3 is 2. The van der Waals surface area contributed by atoms with E-state index in [9.17, 15) is 26.8 Å². The zero-order valence-corrected chi connectivity index (χ0v) is 20.3. The molecule has 3 amide bonds. The maximum absolute atomic E-state index is 14.6. The lowest BCUT2D eigenvalue weighted by molar-refractivity contribution is -0.788. The number of quaternary nitrogens is 1. The maximum atomic E-state index is 14.6. The predicted octanol–water partition coefficient (Wildman–Crippen LogP) is 2.88. The highest BCUT2D eigenvalue weighted by atomic mass is 35.5. The second-order valence-corrected chi connectivity index (χ2v) is 9.82. The van der Waals surface area contributed by atoms with Crippen LogP contribution in [-0.2, 0) is 25.6 Å². The molecule has 190 valence electrons. The summed E-state index contributed by atoms with van der Waals surface area (Å²) in [5.74, 6) is -4.14. The van der Waals surface area contributed by atoms with Crippen LogP contribution in [0.25, 0.3) is 0 Å². The van der Waals surface area contributed by atoms with Crippen LogP contribution in [0, 0.1) is 0 Å². The first-order valence-corrected chi connectivity index (χ1v) is 12.0. The van der Waals surface area contributed by atoms with Crippen LogP contribution in [0.2, 0.25) is 5.02 Å². The van der Waals surface area contributed by atoms with Gasteiger partial charge in [0.05, 0.1) is 32.1 Å². The molecular formula is C21H23ClF2N3O7S+. The molecule has 1 aliphatic heterocycles. The van der Waals surface area contributed by atoms with E-state index in [1.54, 1.807) is 0 Å². The third-order valence-corrected chi connectivity index (χ3v) is 7.06. The highest BCUT2D eigenvalue weighted by Crippen LogP contribution is 2.37. The molecule has 1 aromatic heterocycles. The van der Waals surface area contributed by atoms with Gasteiger partial charge in [0, 0.05) is 17.8 Å². The lowest BCUT2D eigenvalue weighted by atomic mass is 10.1. The van der Waals surface area contributed by atoms with E-state index in [2.05, 4.69) is 4.98 Å². The lowest BCUT2D eigenvalue weighted by Crippen LogP contribution is -2.62. The van der Waals surface area contributed by atoms with Gasteiger partial charge in [0.2, 0.25) is 0 Å². The molecule has 35 heavy (non-hydrogen) atoms. The minimum absolute atomic E-state index is 0.124. The molecule has 2 unspecified atom stereocenters. The quantitative estimate of drug-likeness (QED) is 0.423. The van der Waals surface area contributed by atoms with Crippen molar-refractivity contribution in [1.82, 2.24) is 4.98 Å². The van der Waals surface area contributed by atoms with Gasteiger partial charge in [0.1, 0.15) is 24.6 Å². The Bertz CT molecular complexity index is 1230. The van der Waals surface area contributed by atoms with E-state index in [-0.39, 0.29) is 16.3 Å². The van der Waals surface area contributed by atoms with Crippen LogP contribution in [-0.4, -0.2) is 62.6 Å². The maximum Gasteiger partial charge on any atom is 0.421 e. The average Bonchev–Trinajstić information content (AvgIpc) is 2.89. The third-order valence-electron chi connectivity index (χ3n) is 5.60. The monoisotopic (exact) mass is 534 g/mol. The summed E-state index contributed by atoms with van der Waals surface area (Å²) in [6, 6.07) is 5.44. The van der Waals surface area contributed by atoms with E-state index in [4.69, 9.17) is 31.0 Å². The number of imide groups is 1. The zero-order chi connectivity index (χ0) is 26.0.